The van der Waals surface area contributed by atoms with Crippen molar-refractivity contribution in [3.8, 4) is 33.4 Å². The molecule has 7 rings (SSSR count). The van der Waals surface area contributed by atoms with E-state index in [1.54, 1.807) is 0 Å². The molecule has 6 aromatic carbocycles. The molecule has 0 aromatic heterocycles. The first-order valence-corrected chi connectivity index (χ1v) is 13.3. The van der Waals surface area contributed by atoms with E-state index in [-0.39, 0.29) is 5.41 Å². The standard InChI is InChI=1S/C37H29N/c1-37(2)32-18-7-6-15-31(32)36-33(37)19-10-20-34(36)38-28-23-21-26(22-24-28)30-17-9-14-27-13-8-16-29(35(27)30)25-11-4-3-5-12-25/h3-24,38H,1-2H3. The predicted octanol–water partition coefficient (Wildman–Crippen LogP) is 10.2. The second kappa shape index (κ2) is 8.75. The maximum Gasteiger partial charge on any atom is 0.0467 e. The molecule has 1 aliphatic rings. The van der Waals surface area contributed by atoms with Crippen LogP contribution in [-0.4, -0.2) is 0 Å². The van der Waals surface area contributed by atoms with Gasteiger partial charge in [0.2, 0.25) is 0 Å². The molecule has 6 aromatic rings. The fourth-order valence-electron chi connectivity index (χ4n) is 6.19. The number of hydrogen-bond acceptors (Lipinski definition) is 1. The largest absolute Gasteiger partial charge is 0.355 e. The van der Waals surface area contributed by atoms with Crippen molar-refractivity contribution < 1.29 is 0 Å². The van der Waals surface area contributed by atoms with Crippen LogP contribution in [0.5, 0.6) is 0 Å². The van der Waals surface area contributed by atoms with E-state index in [0.29, 0.717) is 0 Å². The number of benzene rings is 6. The number of anilines is 2. The van der Waals surface area contributed by atoms with Crippen LogP contribution in [0.25, 0.3) is 44.2 Å². The summed E-state index contributed by atoms with van der Waals surface area (Å²) >= 11 is 0. The lowest BCUT2D eigenvalue weighted by atomic mass is 9.82. The van der Waals surface area contributed by atoms with Crippen molar-refractivity contribution in [2.75, 3.05) is 5.32 Å². The van der Waals surface area contributed by atoms with Crippen LogP contribution >= 0.6 is 0 Å². The molecule has 0 spiro atoms. The van der Waals surface area contributed by atoms with Crippen LogP contribution in [0.1, 0.15) is 25.0 Å². The Morgan fingerprint density at radius 1 is 0.474 bits per heavy atom. The normalized spacial score (nSPS) is 13.2. The lowest BCUT2D eigenvalue weighted by Gasteiger charge is -2.21. The van der Waals surface area contributed by atoms with Gasteiger partial charge in [0.05, 0.1) is 0 Å². The van der Waals surface area contributed by atoms with E-state index in [2.05, 4.69) is 153 Å². The van der Waals surface area contributed by atoms with Gasteiger partial charge in [0.1, 0.15) is 0 Å². The van der Waals surface area contributed by atoms with Gasteiger partial charge in [-0.05, 0) is 67.9 Å². The summed E-state index contributed by atoms with van der Waals surface area (Å²) < 4.78 is 0. The molecule has 1 aliphatic carbocycles. The van der Waals surface area contributed by atoms with Gasteiger partial charge in [0, 0.05) is 22.4 Å². The minimum absolute atomic E-state index is 0.00169. The van der Waals surface area contributed by atoms with Crippen LogP contribution in [0.3, 0.4) is 0 Å². The fourth-order valence-corrected chi connectivity index (χ4v) is 6.19. The summed E-state index contributed by atoms with van der Waals surface area (Å²) in [4.78, 5) is 0. The highest BCUT2D eigenvalue weighted by atomic mass is 14.9. The molecule has 0 unspecified atom stereocenters. The zero-order valence-electron chi connectivity index (χ0n) is 21.7. The Bertz CT molecular complexity index is 1790. The molecule has 1 heteroatoms. The van der Waals surface area contributed by atoms with Crippen LogP contribution in [0.15, 0.2) is 133 Å². The molecule has 0 radical (unpaired) electrons. The van der Waals surface area contributed by atoms with Gasteiger partial charge >= 0.3 is 0 Å². The number of nitrogens with one attached hydrogen (secondary N) is 1. The van der Waals surface area contributed by atoms with Crippen molar-refractivity contribution in [1.29, 1.82) is 0 Å². The summed E-state index contributed by atoms with van der Waals surface area (Å²) in [6.07, 6.45) is 0. The van der Waals surface area contributed by atoms with Crippen molar-refractivity contribution in [3.05, 3.63) is 145 Å². The van der Waals surface area contributed by atoms with E-state index in [0.717, 1.165) is 11.4 Å². The third kappa shape index (κ3) is 3.55. The quantitative estimate of drug-likeness (QED) is 0.261. The van der Waals surface area contributed by atoms with E-state index in [9.17, 15) is 0 Å². The van der Waals surface area contributed by atoms with Gasteiger partial charge in [-0.2, -0.15) is 0 Å². The van der Waals surface area contributed by atoms with Gasteiger partial charge in [0.15, 0.2) is 0 Å². The maximum absolute atomic E-state index is 3.74. The van der Waals surface area contributed by atoms with Crippen LogP contribution < -0.4 is 5.32 Å². The van der Waals surface area contributed by atoms with Gasteiger partial charge in [-0.1, -0.05) is 129 Å². The lowest BCUT2D eigenvalue weighted by Crippen LogP contribution is -2.14. The Morgan fingerprint density at radius 2 is 1.05 bits per heavy atom. The number of rotatable bonds is 4. The Balaban J connectivity index is 1.28. The van der Waals surface area contributed by atoms with Crippen LogP contribution in [0.2, 0.25) is 0 Å². The van der Waals surface area contributed by atoms with Gasteiger partial charge in [0.25, 0.3) is 0 Å². The smallest absolute Gasteiger partial charge is 0.0467 e. The maximum atomic E-state index is 3.74. The van der Waals surface area contributed by atoms with Crippen molar-refractivity contribution >= 4 is 22.1 Å². The zero-order valence-corrected chi connectivity index (χ0v) is 21.7. The highest BCUT2D eigenvalue weighted by Crippen LogP contribution is 2.51. The molecule has 0 aliphatic heterocycles. The molecule has 0 amide bonds. The van der Waals surface area contributed by atoms with E-state index >= 15 is 0 Å². The number of fused-ring (bicyclic) bond motifs is 4. The minimum Gasteiger partial charge on any atom is -0.355 e. The monoisotopic (exact) mass is 487 g/mol. The molecule has 38 heavy (non-hydrogen) atoms. The van der Waals surface area contributed by atoms with Crippen molar-refractivity contribution in [2.24, 2.45) is 0 Å². The van der Waals surface area contributed by atoms with Crippen molar-refractivity contribution in [2.45, 2.75) is 19.3 Å². The molecule has 0 saturated carbocycles. The molecular formula is C37H29N. The Labute approximate surface area is 224 Å². The third-order valence-electron chi connectivity index (χ3n) is 8.07. The Morgan fingerprint density at radius 3 is 1.79 bits per heavy atom. The predicted molar refractivity (Wildman–Crippen MR) is 162 cm³/mol. The first-order chi connectivity index (χ1) is 18.6. The average Bonchev–Trinajstić information content (AvgIpc) is 3.21. The van der Waals surface area contributed by atoms with Crippen molar-refractivity contribution in [3.63, 3.8) is 0 Å². The second-order valence-electron chi connectivity index (χ2n) is 10.7. The van der Waals surface area contributed by atoms with Crippen LogP contribution in [0, 0.1) is 0 Å². The molecule has 1 nitrogen and oxygen atoms in total. The molecule has 182 valence electrons. The minimum atomic E-state index is -0.00169. The van der Waals surface area contributed by atoms with Gasteiger partial charge in [-0.3, -0.25) is 0 Å². The highest BCUT2D eigenvalue weighted by Gasteiger charge is 2.36. The fraction of sp³-hybridized carbons (Fsp3) is 0.0811. The van der Waals surface area contributed by atoms with E-state index < -0.39 is 0 Å². The summed E-state index contributed by atoms with van der Waals surface area (Å²) in [6, 6.07) is 48.2. The summed E-state index contributed by atoms with van der Waals surface area (Å²) in [5, 5.41) is 6.29. The SMILES string of the molecule is CC1(C)c2ccccc2-c2c(Nc3ccc(-c4cccc5cccc(-c6ccccc6)c45)cc3)cccc21. The molecule has 0 heterocycles. The molecule has 0 saturated heterocycles. The molecular weight excluding hydrogens is 458 g/mol. The summed E-state index contributed by atoms with van der Waals surface area (Å²) in [6.45, 7) is 4.65. The second-order valence-corrected chi connectivity index (χ2v) is 10.7. The van der Waals surface area contributed by atoms with Gasteiger partial charge < -0.3 is 5.32 Å². The summed E-state index contributed by atoms with van der Waals surface area (Å²) in [5.74, 6) is 0. The zero-order chi connectivity index (χ0) is 25.7. The van der Waals surface area contributed by atoms with E-state index in [1.165, 1.54) is 55.3 Å². The lowest BCUT2D eigenvalue weighted by molar-refractivity contribution is 0.660. The molecule has 0 bridgehead atoms. The Hall–Kier alpha value is -4.62. The summed E-state index contributed by atoms with van der Waals surface area (Å²) in [5.41, 5.74) is 12.6. The average molecular weight is 488 g/mol. The molecule has 1 N–H and O–H groups in total. The van der Waals surface area contributed by atoms with E-state index in [4.69, 9.17) is 0 Å². The number of hydrogen-bond donors (Lipinski definition) is 1. The van der Waals surface area contributed by atoms with Crippen LogP contribution in [-0.2, 0) is 5.41 Å². The summed E-state index contributed by atoms with van der Waals surface area (Å²) in [7, 11) is 0. The third-order valence-corrected chi connectivity index (χ3v) is 8.07. The Kier molecular flexibility index (Phi) is 5.19. The highest BCUT2D eigenvalue weighted by molar-refractivity contribution is 6.06. The first-order valence-electron chi connectivity index (χ1n) is 13.3. The topological polar surface area (TPSA) is 12.0 Å². The van der Waals surface area contributed by atoms with Gasteiger partial charge in [-0.15, -0.1) is 0 Å². The van der Waals surface area contributed by atoms with Gasteiger partial charge in [-0.25, -0.2) is 0 Å². The molecule has 0 atom stereocenters. The first kappa shape index (κ1) is 22.6. The van der Waals surface area contributed by atoms with Crippen LogP contribution in [0.4, 0.5) is 11.4 Å². The van der Waals surface area contributed by atoms with Crippen molar-refractivity contribution in [1.82, 2.24) is 0 Å². The van der Waals surface area contributed by atoms with E-state index in [1.807, 2.05) is 0 Å². The molecule has 0 fully saturated rings.